The minimum atomic E-state index is -0.475. The molecule has 1 aliphatic rings. The minimum Gasteiger partial charge on any atom is -0.396 e. The number of anilines is 1. The van der Waals surface area contributed by atoms with Crippen LogP contribution < -0.4 is 4.90 Å². The molecule has 0 radical (unpaired) electrons. The van der Waals surface area contributed by atoms with E-state index in [9.17, 15) is 9.59 Å². The van der Waals surface area contributed by atoms with Gasteiger partial charge < -0.3 is 10.0 Å². The number of likely N-dealkylation sites (N-methyl/N-ethyl adjacent to an activating group) is 1. The molecule has 0 aliphatic carbocycles. The summed E-state index contributed by atoms with van der Waals surface area (Å²) < 4.78 is 0. The molecule has 0 spiro atoms. The summed E-state index contributed by atoms with van der Waals surface area (Å²) in [6.07, 6.45) is 0.732. The van der Waals surface area contributed by atoms with Crippen LogP contribution in [0.1, 0.15) is 16.8 Å². The molecule has 0 bridgehead atoms. The van der Waals surface area contributed by atoms with Crippen LogP contribution in [0.25, 0.3) is 0 Å². The molecule has 90 valence electrons. The normalized spacial score (nSPS) is 14.4. The lowest BCUT2D eigenvalue weighted by atomic mass is 10.1. The van der Waals surface area contributed by atoms with Gasteiger partial charge in [-0.05, 0) is 24.6 Å². The van der Waals surface area contributed by atoms with Crippen molar-refractivity contribution in [2.45, 2.75) is 11.3 Å². The van der Waals surface area contributed by atoms with Gasteiger partial charge in [0.1, 0.15) is 0 Å². The van der Waals surface area contributed by atoms with E-state index in [0.717, 1.165) is 17.1 Å². The maximum absolute atomic E-state index is 11.5. The van der Waals surface area contributed by atoms with Crippen molar-refractivity contribution in [1.29, 1.82) is 0 Å². The van der Waals surface area contributed by atoms with Crippen LogP contribution in [0.15, 0.2) is 23.1 Å². The molecule has 1 aliphatic heterocycles. The number of amides is 1. The molecule has 1 N–H and O–H groups in total. The van der Waals surface area contributed by atoms with Crippen LogP contribution in [0.5, 0.6) is 0 Å². The van der Waals surface area contributed by atoms with Crippen LogP contribution in [-0.4, -0.2) is 36.2 Å². The molecule has 1 aromatic rings. The number of carbonyl (C=O) groups excluding carboxylic acids is 2. The second kappa shape index (κ2) is 4.89. The van der Waals surface area contributed by atoms with E-state index >= 15 is 0 Å². The third kappa shape index (κ3) is 2.21. The van der Waals surface area contributed by atoms with Crippen molar-refractivity contribution in [3.63, 3.8) is 0 Å². The molecule has 0 saturated heterocycles. The maximum atomic E-state index is 11.5. The Morgan fingerprint density at radius 3 is 2.82 bits per heavy atom. The van der Waals surface area contributed by atoms with Crippen molar-refractivity contribution >= 4 is 29.1 Å². The number of ketones is 1. The van der Waals surface area contributed by atoms with Gasteiger partial charge >= 0.3 is 0 Å². The smallest absolute Gasteiger partial charge is 0.299 e. The van der Waals surface area contributed by atoms with Crippen molar-refractivity contribution in [3.8, 4) is 0 Å². The lowest BCUT2D eigenvalue weighted by Gasteiger charge is -2.09. The number of benzene rings is 1. The van der Waals surface area contributed by atoms with Crippen molar-refractivity contribution in [3.05, 3.63) is 23.8 Å². The number of hydrogen-bond acceptors (Lipinski definition) is 4. The zero-order chi connectivity index (χ0) is 12.4. The van der Waals surface area contributed by atoms with E-state index < -0.39 is 11.7 Å². The van der Waals surface area contributed by atoms with Crippen LogP contribution in [0, 0.1) is 0 Å². The first-order valence-electron chi connectivity index (χ1n) is 5.35. The molecule has 4 nitrogen and oxygen atoms in total. The lowest BCUT2D eigenvalue weighted by molar-refractivity contribution is -0.114. The quantitative estimate of drug-likeness (QED) is 0.498. The SMILES string of the molecule is CN1C(=O)C(=O)c2ccc(SCCCO)cc21. The molecule has 0 unspecified atom stereocenters. The molecule has 2 rings (SSSR count). The van der Waals surface area contributed by atoms with Gasteiger partial charge in [0.05, 0.1) is 11.3 Å². The van der Waals surface area contributed by atoms with Gasteiger partial charge in [0, 0.05) is 24.3 Å². The fourth-order valence-corrected chi connectivity index (χ4v) is 2.57. The first-order chi connectivity index (χ1) is 8.15. The van der Waals surface area contributed by atoms with Crippen LogP contribution >= 0.6 is 11.8 Å². The van der Waals surface area contributed by atoms with E-state index in [4.69, 9.17) is 5.11 Å². The van der Waals surface area contributed by atoms with Gasteiger partial charge in [-0.3, -0.25) is 9.59 Å². The molecule has 0 fully saturated rings. The number of aliphatic hydroxyl groups excluding tert-OH is 1. The van der Waals surface area contributed by atoms with Crippen molar-refractivity contribution in [2.75, 3.05) is 24.3 Å². The monoisotopic (exact) mass is 251 g/mol. The second-order valence-corrected chi connectivity index (χ2v) is 4.97. The number of hydrogen-bond donors (Lipinski definition) is 1. The van der Waals surface area contributed by atoms with Gasteiger partial charge in [-0.1, -0.05) is 0 Å². The first kappa shape index (κ1) is 12.1. The third-order valence-electron chi connectivity index (χ3n) is 2.65. The molecular weight excluding hydrogens is 238 g/mol. The van der Waals surface area contributed by atoms with E-state index in [1.165, 1.54) is 4.90 Å². The Bertz CT molecular complexity index is 473. The average Bonchev–Trinajstić information content (AvgIpc) is 2.55. The van der Waals surface area contributed by atoms with Gasteiger partial charge in [0.15, 0.2) is 0 Å². The highest BCUT2D eigenvalue weighted by Crippen LogP contribution is 2.32. The highest BCUT2D eigenvalue weighted by Gasteiger charge is 2.33. The van der Waals surface area contributed by atoms with E-state index in [0.29, 0.717) is 11.3 Å². The summed E-state index contributed by atoms with van der Waals surface area (Å²) in [4.78, 5) is 25.4. The number of carbonyl (C=O) groups is 2. The second-order valence-electron chi connectivity index (χ2n) is 3.80. The van der Waals surface area contributed by atoms with Crippen LogP contribution in [0.3, 0.4) is 0 Å². The Kier molecular flexibility index (Phi) is 3.49. The molecule has 17 heavy (non-hydrogen) atoms. The number of nitrogens with zero attached hydrogens (tertiary/aromatic N) is 1. The summed E-state index contributed by atoms with van der Waals surface area (Å²) in [5.74, 6) is -0.0899. The first-order valence-corrected chi connectivity index (χ1v) is 6.34. The van der Waals surface area contributed by atoms with Crippen molar-refractivity contribution in [2.24, 2.45) is 0 Å². The largest absolute Gasteiger partial charge is 0.396 e. The van der Waals surface area contributed by atoms with E-state index in [1.54, 1.807) is 24.9 Å². The lowest BCUT2D eigenvalue weighted by Crippen LogP contribution is -2.24. The summed E-state index contributed by atoms with van der Waals surface area (Å²) in [6.45, 7) is 0.175. The van der Waals surface area contributed by atoms with Gasteiger partial charge in [-0.25, -0.2) is 0 Å². The molecule has 0 saturated carbocycles. The Hall–Kier alpha value is -1.33. The molecule has 0 atom stereocenters. The number of thioether (sulfide) groups is 1. The minimum absolute atomic E-state index is 0.175. The molecule has 1 heterocycles. The Morgan fingerprint density at radius 1 is 1.35 bits per heavy atom. The zero-order valence-corrected chi connectivity index (χ0v) is 10.3. The Morgan fingerprint density at radius 2 is 2.12 bits per heavy atom. The van der Waals surface area contributed by atoms with E-state index in [1.807, 2.05) is 12.1 Å². The average molecular weight is 251 g/mol. The summed E-state index contributed by atoms with van der Waals surface area (Å²) in [7, 11) is 1.61. The predicted octanol–water partition coefficient (Wildman–Crippen LogP) is 1.32. The van der Waals surface area contributed by atoms with E-state index in [-0.39, 0.29) is 6.61 Å². The molecule has 1 amide bonds. The van der Waals surface area contributed by atoms with Gasteiger partial charge in [-0.15, -0.1) is 11.8 Å². The molecule has 5 heteroatoms. The Labute approximate surface area is 104 Å². The predicted molar refractivity (Wildman–Crippen MR) is 66.6 cm³/mol. The molecule has 0 aromatic heterocycles. The highest BCUT2D eigenvalue weighted by molar-refractivity contribution is 7.99. The fraction of sp³-hybridized carbons (Fsp3) is 0.333. The summed E-state index contributed by atoms with van der Waals surface area (Å²) in [5, 5.41) is 8.70. The molecular formula is C12H13NO3S. The van der Waals surface area contributed by atoms with Crippen molar-refractivity contribution in [1.82, 2.24) is 0 Å². The van der Waals surface area contributed by atoms with Gasteiger partial charge in [0.2, 0.25) is 0 Å². The van der Waals surface area contributed by atoms with Crippen LogP contribution in [0.2, 0.25) is 0 Å². The standard InChI is InChI=1S/C12H13NO3S/c1-13-10-7-8(17-6-2-5-14)3-4-9(10)11(15)12(13)16/h3-4,7,14H,2,5-6H2,1H3. The number of aliphatic hydroxyl groups is 1. The highest BCUT2D eigenvalue weighted by atomic mass is 32.2. The topological polar surface area (TPSA) is 57.6 Å². The van der Waals surface area contributed by atoms with Crippen LogP contribution in [-0.2, 0) is 4.79 Å². The van der Waals surface area contributed by atoms with Gasteiger partial charge in [-0.2, -0.15) is 0 Å². The third-order valence-corrected chi connectivity index (χ3v) is 3.73. The fourth-order valence-electron chi connectivity index (χ4n) is 1.70. The van der Waals surface area contributed by atoms with Crippen molar-refractivity contribution < 1.29 is 14.7 Å². The molecule has 1 aromatic carbocycles. The number of fused-ring (bicyclic) bond motifs is 1. The summed E-state index contributed by atoms with van der Waals surface area (Å²) in [5.41, 5.74) is 1.15. The number of Topliss-reactive ketones (excluding diaryl/α,β-unsaturated/α-hetero) is 1. The Balaban J connectivity index is 2.21. The van der Waals surface area contributed by atoms with E-state index in [2.05, 4.69) is 0 Å². The summed E-state index contributed by atoms with van der Waals surface area (Å²) in [6, 6.07) is 5.38. The zero-order valence-electron chi connectivity index (χ0n) is 9.47. The van der Waals surface area contributed by atoms with Gasteiger partial charge in [0.25, 0.3) is 11.7 Å². The van der Waals surface area contributed by atoms with Crippen LogP contribution in [0.4, 0.5) is 5.69 Å². The maximum Gasteiger partial charge on any atom is 0.299 e. The number of rotatable bonds is 4. The summed E-state index contributed by atoms with van der Waals surface area (Å²) >= 11 is 1.61.